The number of ether oxygens (including phenoxy) is 1. The Bertz CT molecular complexity index is 1240. The molecular weight excluding hydrogens is 671 g/mol. The summed E-state index contributed by atoms with van der Waals surface area (Å²) < 4.78 is 5.36. The highest BCUT2D eigenvalue weighted by atomic mass is 32.2. The van der Waals surface area contributed by atoms with Crippen molar-refractivity contribution in [3.8, 4) is 0 Å². The molecule has 1 rings (SSSR count). The van der Waals surface area contributed by atoms with E-state index in [0.29, 0.717) is 31.6 Å². The van der Waals surface area contributed by atoms with Crippen molar-refractivity contribution >= 4 is 41.5 Å². The zero-order valence-electron chi connectivity index (χ0n) is 32.6. The molecule has 1 aromatic rings. The van der Waals surface area contributed by atoms with Crippen LogP contribution in [0.5, 0.6) is 0 Å². The first-order valence-corrected chi connectivity index (χ1v) is 19.5. The van der Waals surface area contributed by atoms with E-state index in [0.717, 1.165) is 5.56 Å². The lowest BCUT2D eigenvalue weighted by Crippen LogP contribution is -2.57. The van der Waals surface area contributed by atoms with E-state index in [4.69, 9.17) is 4.74 Å². The number of hydrogen-bond acceptors (Lipinski definition) is 8. The summed E-state index contributed by atoms with van der Waals surface area (Å²) in [5.74, 6) is -1.74. The van der Waals surface area contributed by atoms with Crippen molar-refractivity contribution in [1.29, 1.82) is 0 Å². The lowest BCUT2D eigenvalue weighted by Gasteiger charge is -2.30. The van der Waals surface area contributed by atoms with Crippen LogP contribution in [-0.4, -0.2) is 82.7 Å². The lowest BCUT2D eigenvalue weighted by atomic mass is 9.91. The Kier molecular flexibility index (Phi) is 20.2. The number of aliphatic hydroxyl groups excluding tert-OH is 1. The number of alkyl carbamates (subject to hydrolysis) is 1. The highest BCUT2D eigenvalue weighted by Crippen LogP contribution is 2.18. The number of aliphatic hydroxyl groups is 1. The summed E-state index contributed by atoms with van der Waals surface area (Å²) in [6.07, 6.45) is 1.22. The van der Waals surface area contributed by atoms with Crippen LogP contribution in [0.15, 0.2) is 30.3 Å². The molecule has 0 aliphatic heterocycles. The maximum absolute atomic E-state index is 13.7. The monoisotopic (exact) mass is 735 g/mol. The van der Waals surface area contributed by atoms with E-state index in [1.54, 1.807) is 27.7 Å². The van der Waals surface area contributed by atoms with Crippen molar-refractivity contribution in [3.05, 3.63) is 35.9 Å². The summed E-state index contributed by atoms with van der Waals surface area (Å²) >= 11 is 1.53. The molecule has 1 unspecified atom stereocenters. The molecule has 0 spiro atoms. The van der Waals surface area contributed by atoms with Crippen LogP contribution >= 0.6 is 11.8 Å². The Morgan fingerprint density at radius 3 is 1.86 bits per heavy atom. The van der Waals surface area contributed by atoms with Crippen molar-refractivity contribution in [1.82, 2.24) is 26.6 Å². The largest absolute Gasteiger partial charge is 0.444 e. The molecule has 12 nitrogen and oxygen atoms in total. The van der Waals surface area contributed by atoms with Crippen LogP contribution in [0.3, 0.4) is 0 Å². The minimum atomic E-state index is -1.08. The highest BCUT2D eigenvalue weighted by molar-refractivity contribution is 7.98. The molecule has 0 saturated carbocycles. The molecule has 0 fully saturated rings. The summed E-state index contributed by atoms with van der Waals surface area (Å²) in [7, 11) is 0. The van der Waals surface area contributed by atoms with Gasteiger partial charge in [-0.25, -0.2) is 4.79 Å². The van der Waals surface area contributed by atoms with Gasteiger partial charge in [0.15, 0.2) is 0 Å². The van der Waals surface area contributed by atoms with E-state index >= 15 is 0 Å². The summed E-state index contributed by atoms with van der Waals surface area (Å²) in [5.41, 5.74) is 0.194. The maximum Gasteiger partial charge on any atom is 0.408 e. The standard InChI is InChI=1S/C38H65N5O7S/c1-23(2)19-29(31(44)21-26(7)33(45)43-32(25(5)6)36(48)39-22-27-15-13-12-14-16-27)41-34(46)28(17-18-51-11)40-35(47)30(20-24(3)4)42-37(49)50-38(8,9)10/h12-16,23-26,28-32,44H,17-22H2,1-11H3,(H,39,48)(H,40,47)(H,41,46)(H,42,49)(H,43,45)/t26-,28?,29+,30+,31+,32+/m1/s1. The molecule has 0 heterocycles. The molecule has 1 aromatic carbocycles. The number of thioether (sulfide) groups is 1. The number of benzene rings is 1. The molecule has 6 N–H and O–H groups in total. The number of amides is 5. The number of rotatable bonds is 21. The molecule has 0 saturated heterocycles. The van der Waals surface area contributed by atoms with Crippen molar-refractivity contribution in [2.45, 2.75) is 137 Å². The van der Waals surface area contributed by atoms with Crippen LogP contribution in [0.1, 0.15) is 100 Å². The molecule has 6 atom stereocenters. The number of hydrogen-bond donors (Lipinski definition) is 6. The van der Waals surface area contributed by atoms with Gasteiger partial charge in [-0.15, -0.1) is 0 Å². The van der Waals surface area contributed by atoms with Gasteiger partial charge in [-0.05, 0) is 81.8 Å². The topological polar surface area (TPSA) is 175 Å². The van der Waals surface area contributed by atoms with Crippen LogP contribution in [-0.2, 0) is 30.5 Å². The smallest absolute Gasteiger partial charge is 0.408 e. The van der Waals surface area contributed by atoms with E-state index in [2.05, 4.69) is 26.6 Å². The summed E-state index contributed by atoms with van der Waals surface area (Å²) in [6.45, 7) is 18.7. The van der Waals surface area contributed by atoms with Gasteiger partial charge in [0.2, 0.25) is 23.6 Å². The van der Waals surface area contributed by atoms with E-state index < -0.39 is 59.7 Å². The lowest BCUT2D eigenvalue weighted by molar-refractivity contribution is -0.133. The zero-order valence-corrected chi connectivity index (χ0v) is 33.4. The van der Waals surface area contributed by atoms with E-state index in [1.807, 2.05) is 78.1 Å². The fourth-order valence-electron chi connectivity index (χ4n) is 5.39. The fraction of sp³-hybridized carbons (Fsp3) is 0.711. The average molecular weight is 736 g/mol. The first-order valence-electron chi connectivity index (χ1n) is 18.1. The van der Waals surface area contributed by atoms with Crippen LogP contribution in [0.2, 0.25) is 0 Å². The van der Waals surface area contributed by atoms with Crippen LogP contribution in [0, 0.1) is 23.7 Å². The van der Waals surface area contributed by atoms with Gasteiger partial charge >= 0.3 is 6.09 Å². The summed E-state index contributed by atoms with van der Waals surface area (Å²) in [4.78, 5) is 66.1. The molecule has 0 radical (unpaired) electrons. The van der Waals surface area contributed by atoms with Gasteiger partial charge in [0, 0.05) is 12.5 Å². The molecule has 5 amide bonds. The van der Waals surface area contributed by atoms with Gasteiger partial charge in [-0.1, -0.05) is 78.8 Å². The van der Waals surface area contributed by atoms with Crippen LogP contribution in [0.25, 0.3) is 0 Å². The Morgan fingerprint density at radius 2 is 1.33 bits per heavy atom. The second-order valence-corrected chi connectivity index (χ2v) is 16.5. The fourth-order valence-corrected chi connectivity index (χ4v) is 5.86. The third-order valence-electron chi connectivity index (χ3n) is 8.07. The van der Waals surface area contributed by atoms with E-state index in [-0.39, 0.29) is 36.0 Å². The third-order valence-corrected chi connectivity index (χ3v) is 8.72. The minimum absolute atomic E-state index is 0.0397. The van der Waals surface area contributed by atoms with Crippen molar-refractivity contribution in [2.24, 2.45) is 23.7 Å². The molecule has 0 aromatic heterocycles. The van der Waals surface area contributed by atoms with E-state index in [9.17, 15) is 29.1 Å². The second-order valence-electron chi connectivity index (χ2n) is 15.6. The third kappa shape index (κ3) is 18.7. The first-order chi connectivity index (χ1) is 23.7. The SMILES string of the molecule is CSCCC(NC(=O)[C@H](CC(C)C)NC(=O)OC(C)(C)C)C(=O)N[C@@H](CC(C)C)[C@@H](O)C[C@@H](C)C(=O)N[C@H](C(=O)NCc1ccccc1)C(C)C. The van der Waals surface area contributed by atoms with Gasteiger partial charge in [0.05, 0.1) is 12.1 Å². The first kappa shape index (κ1) is 45.7. The van der Waals surface area contributed by atoms with Gasteiger partial charge in [-0.3, -0.25) is 19.2 Å². The van der Waals surface area contributed by atoms with E-state index in [1.165, 1.54) is 11.8 Å². The van der Waals surface area contributed by atoms with Gasteiger partial charge in [0.25, 0.3) is 0 Å². The Hall–Kier alpha value is -3.32. The molecule has 290 valence electrons. The highest BCUT2D eigenvalue weighted by Gasteiger charge is 2.33. The van der Waals surface area contributed by atoms with Crippen molar-refractivity contribution in [3.63, 3.8) is 0 Å². The molecule has 13 heteroatoms. The Morgan fingerprint density at radius 1 is 0.745 bits per heavy atom. The minimum Gasteiger partial charge on any atom is -0.444 e. The molecule has 0 aliphatic rings. The van der Waals surface area contributed by atoms with Crippen molar-refractivity contribution < 1.29 is 33.8 Å². The summed E-state index contributed by atoms with van der Waals surface area (Å²) in [6, 6.07) is 6.18. The van der Waals surface area contributed by atoms with Gasteiger partial charge < -0.3 is 36.4 Å². The number of nitrogens with one attached hydrogen (secondary N) is 5. The van der Waals surface area contributed by atoms with Crippen molar-refractivity contribution in [2.75, 3.05) is 12.0 Å². The maximum atomic E-state index is 13.7. The number of carbonyl (C=O) groups excluding carboxylic acids is 5. The van der Waals surface area contributed by atoms with Crippen LogP contribution < -0.4 is 26.6 Å². The molecule has 0 bridgehead atoms. The Balaban J connectivity index is 3.03. The normalized spacial score (nSPS) is 15.3. The predicted octanol–water partition coefficient (Wildman–Crippen LogP) is 4.54. The van der Waals surface area contributed by atoms with Crippen LogP contribution in [0.4, 0.5) is 4.79 Å². The molecule has 0 aliphatic carbocycles. The van der Waals surface area contributed by atoms with Gasteiger partial charge in [0.1, 0.15) is 23.7 Å². The average Bonchev–Trinajstić information content (AvgIpc) is 3.02. The molecular formula is C38H65N5O7S. The second kappa shape index (κ2) is 22.6. The van der Waals surface area contributed by atoms with Gasteiger partial charge in [-0.2, -0.15) is 11.8 Å². The summed E-state index contributed by atoms with van der Waals surface area (Å²) in [5, 5.41) is 25.5. The quantitative estimate of drug-likeness (QED) is 0.107. The Labute approximate surface area is 310 Å². The predicted molar refractivity (Wildman–Crippen MR) is 204 cm³/mol. The number of carbonyl (C=O) groups is 5. The zero-order chi connectivity index (χ0) is 38.9. The molecule has 51 heavy (non-hydrogen) atoms.